The smallest absolute Gasteiger partial charge is 0.415 e. The predicted octanol–water partition coefficient (Wildman–Crippen LogP) is 6.85. The number of hydrogen-bond donors (Lipinski definition) is 0. The number of aryl methyl sites for hydroxylation is 1. The zero-order chi connectivity index (χ0) is 41.6. The molecule has 3 aliphatic rings. The van der Waals surface area contributed by atoms with Crippen LogP contribution in [0.2, 0.25) is 0 Å². The SMILES string of the molecule is COc1ccc2c(c1)c(/C=C1\Oc3cc(OC(=O)N4CCN(Cc5ccccc5)CC4)cc(OC(=O)N4CCN(Cc5ccccc5)CC4)c3C1=O)cn2CCCN(C)C. The van der Waals surface area contributed by atoms with Gasteiger partial charge in [0.05, 0.1) is 7.11 Å². The third-order valence-electron chi connectivity index (χ3n) is 11.3. The van der Waals surface area contributed by atoms with Gasteiger partial charge in [0.15, 0.2) is 11.5 Å². The van der Waals surface area contributed by atoms with Gasteiger partial charge in [-0.05, 0) is 62.5 Å². The van der Waals surface area contributed by atoms with Gasteiger partial charge in [0, 0.05) is 107 Å². The highest BCUT2D eigenvalue weighted by atomic mass is 16.6. The van der Waals surface area contributed by atoms with Gasteiger partial charge in [-0.15, -0.1) is 0 Å². The number of amides is 2. The van der Waals surface area contributed by atoms with E-state index in [1.165, 1.54) is 23.3 Å². The number of hydrogen-bond acceptors (Lipinski definition) is 10. The van der Waals surface area contributed by atoms with E-state index >= 15 is 0 Å². The Morgan fingerprint density at radius 1 is 0.733 bits per heavy atom. The van der Waals surface area contributed by atoms with Crippen molar-refractivity contribution in [1.29, 1.82) is 0 Å². The summed E-state index contributed by atoms with van der Waals surface area (Å²) in [6.45, 7) is 7.90. The second-order valence-electron chi connectivity index (χ2n) is 15.8. The first-order valence-electron chi connectivity index (χ1n) is 20.6. The van der Waals surface area contributed by atoms with Crippen molar-refractivity contribution in [2.24, 2.45) is 0 Å². The van der Waals surface area contributed by atoms with Crippen LogP contribution in [0.1, 0.15) is 33.5 Å². The second-order valence-corrected chi connectivity index (χ2v) is 15.8. The quantitative estimate of drug-likeness (QED) is 0.124. The molecule has 60 heavy (non-hydrogen) atoms. The summed E-state index contributed by atoms with van der Waals surface area (Å²) in [6.07, 6.45) is 3.54. The topological polar surface area (TPSA) is 109 Å². The standard InChI is InChI=1S/C47H52N6O7/c1-48(2)17-10-18-53-33-36(39-28-37(57-3)15-16-40(39)53)27-43-45(54)44-41(59-43)29-38(58-46(55)51-23-19-49(20-24-51)31-34-11-6-4-7-12-34)30-42(44)60-47(56)52-25-21-50(22-26-52)32-35-13-8-5-9-14-35/h4-9,11-16,27-30,33H,10,17-26,31-32H2,1-3H3/b43-27-. The number of benzene rings is 4. The molecule has 0 atom stereocenters. The summed E-state index contributed by atoms with van der Waals surface area (Å²) in [4.78, 5) is 51.7. The molecular weight excluding hydrogens is 761 g/mol. The number of fused-ring (bicyclic) bond motifs is 2. The number of nitrogens with zero attached hydrogens (tertiary/aromatic N) is 6. The van der Waals surface area contributed by atoms with Gasteiger partial charge < -0.3 is 38.2 Å². The fraction of sp³-hybridized carbons (Fsp3) is 0.340. The molecule has 2 fully saturated rings. The van der Waals surface area contributed by atoms with Gasteiger partial charge in [0.2, 0.25) is 5.78 Å². The van der Waals surface area contributed by atoms with Crippen LogP contribution in [-0.4, -0.2) is 127 Å². The van der Waals surface area contributed by atoms with Crippen molar-refractivity contribution in [3.8, 4) is 23.0 Å². The number of ketones is 1. The summed E-state index contributed by atoms with van der Waals surface area (Å²) in [5, 5.41) is 0.899. The molecular formula is C47H52N6O7. The third kappa shape index (κ3) is 9.49. The van der Waals surface area contributed by atoms with Crippen molar-refractivity contribution < 1.29 is 33.3 Å². The van der Waals surface area contributed by atoms with Crippen LogP contribution in [0, 0.1) is 0 Å². The lowest BCUT2D eigenvalue weighted by molar-refractivity contribution is 0.100. The Bertz CT molecular complexity index is 2350. The molecule has 0 bridgehead atoms. The van der Waals surface area contributed by atoms with E-state index in [0.717, 1.165) is 49.1 Å². The molecule has 2 amide bonds. The van der Waals surface area contributed by atoms with Crippen molar-refractivity contribution in [2.75, 3.05) is 80.1 Å². The van der Waals surface area contributed by atoms with E-state index in [0.29, 0.717) is 58.1 Å². The van der Waals surface area contributed by atoms with Crippen LogP contribution in [0.4, 0.5) is 9.59 Å². The van der Waals surface area contributed by atoms with E-state index in [1.54, 1.807) is 23.0 Å². The van der Waals surface area contributed by atoms with E-state index < -0.39 is 18.0 Å². The van der Waals surface area contributed by atoms with Gasteiger partial charge in [0.1, 0.15) is 22.8 Å². The summed E-state index contributed by atoms with van der Waals surface area (Å²) >= 11 is 0. The summed E-state index contributed by atoms with van der Waals surface area (Å²) in [7, 11) is 5.72. The van der Waals surface area contributed by atoms with Crippen molar-refractivity contribution in [3.05, 3.63) is 125 Å². The summed E-state index contributed by atoms with van der Waals surface area (Å²) in [6, 6.07) is 29.3. The van der Waals surface area contributed by atoms with Crippen molar-refractivity contribution in [1.82, 2.24) is 29.1 Å². The molecule has 0 aliphatic carbocycles. The number of piperazine rings is 2. The Morgan fingerprint density at radius 2 is 1.33 bits per heavy atom. The molecule has 13 nitrogen and oxygen atoms in total. The number of methoxy groups -OCH3 is 1. The average Bonchev–Trinajstić information content (AvgIpc) is 3.76. The molecule has 0 N–H and O–H groups in total. The molecule has 0 radical (unpaired) electrons. The molecule has 8 rings (SSSR count). The van der Waals surface area contributed by atoms with E-state index in [9.17, 15) is 14.4 Å². The largest absolute Gasteiger partial charge is 0.497 e. The molecule has 4 aromatic carbocycles. The number of carbonyl (C=O) groups is 3. The molecule has 2 saturated heterocycles. The summed E-state index contributed by atoms with van der Waals surface area (Å²) < 4.78 is 26.0. The number of allylic oxidation sites excluding steroid dienone is 1. The van der Waals surface area contributed by atoms with E-state index in [2.05, 4.69) is 57.6 Å². The number of ether oxygens (including phenoxy) is 4. The number of aromatic nitrogens is 1. The van der Waals surface area contributed by atoms with Crippen molar-refractivity contribution in [3.63, 3.8) is 0 Å². The maximum absolute atomic E-state index is 14.3. The zero-order valence-corrected chi connectivity index (χ0v) is 34.5. The Morgan fingerprint density at radius 3 is 1.92 bits per heavy atom. The second kappa shape index (κ2) is 18.4. The van der Waals surface area contributed by atoms with Crippen molar-refractivity contribution in [2.45, 2.75) is 26.1 Å². The van der Waals surface area contributed by atoms with E-state index in [4.69, 9.17) is 18.9 Å². The van der Waals surface area contributed by atoms with Gasteiger partial charge in [-0.2, -0.15) is 0 Å². The molecule has 0 spiro atoms. The zero-order valence-electron chi connectivity index (χ0n) is 34.5. The highest BCUT2D eigenvalue weighted by molar-refractivity contribution is 6.17. The minimum atomic E-state index is -0.590. The number of Topliss-reactive ketones (excluding diaryl/α,β-unsaturated/α-hetero) is 1. The van der Waals surface area contributed by atoms with Crippen LogP contribution in [-0.2, 0) is 19.6 Å². The lowest BCUT2D eigenvalue weighted by Gasteiger charge is -2.34. The molecule has 3 aliphatic heterocycles. The fourth-order valence-electron chi connectivity index (χ4n) is 8.01. The van der Waals surface area contributed by atoms with Crippen LogP contribution in [0.15, 0.2) is 103 Å². The molecule has 13 heteroatoms. The lowest BCUT2D eigenvalue weighted by Crippen LogP contribution is -2.49. The first kappa shape index (κ1) is 40.6. The summed E-state index contributed by atoms with van der Waals surface area (Å²) in [5.41, 5.74) is 4.29. The van der Waals surface area contributed by atoms with Crippen LogP contribution in [0.3, 0.4) is 0 Å². The van der Waals surface area contributed by atoms with Gasteiger partial charge in [-0.25, -0.2) is 9.59 Å². The maximum Gasteiger partial charge on any atom is 0.415 e. The molecule has 5 aromatic rings. The molecule has 0 unspecified atom stereocenters. The van der Waals surface area contributed by atoms with Crippen LogP contribution >= 0.6 is 0 Å². The molecule has 1 aromatic heterocycles. The predicted molar refractivity (Wildman–Crippen MR) is 230 cm³/mol. The van der Waals surface area contributed by atoms with Crippen LogP contribution in [0.25, 0.3) is 17.0 Å². The lowest BCUT2D eigenvalue weighted by atomic mass is 10.1. The van der Waals surface area contributed by atoms with Crippen LogP contribution < -0.4 is 18.9 Å². The maximum atomic E-state index is 14.3. The monoisotopic (exact) mass is 812 g/mol. The van der Waals surface area contributed by atoms with Gasteiger partial charge >= 0.3 is 12.2 Å². The Balaban J connectivity index is 1.03. The normalized spacial score (nSPS) is 16.7. The highest BCUT2D eigenvalue weighted by Gasteiger charge is 2.35. The van der Waals surface area contributed by atoms with E-state index in [1.807, 2.05) is 60.8 Å². The van der Waals surface area contributed by atoms with Crippen LogP contribution in [0.5, 0.6) is 23.0 Å². The van der Waals surface area contributed by atoms with Crippen molar-refractivity contribution >= 4 is 34.9 Å². The van der Waals surface area contributed by atoms with E-state index in [-0.39, 0.29) is 28.6 Å². The fourth-order valence-corrected chi connectivity index (χ4v) is 8.01. The average molecular weight is 813 g/mol. The Labute approximate surface area is 350 Å². The molecule has 312 valence electrons. The van der Waals surface area contributed by atoms with Gasteiger partial charge in [-0.3, -0.25) is 14.6 Å². The Kier molecular flexibility index (Phi) is 12.5. The number of rotatable bonds is 12. The Hall–Kier alpha value is -6.15. The third-order valence-corrected chi connectivity index (χ3v) is 11.3. The first-order chi connectivity index (χ1) is 29.2. The minimum Gasteiger partial charge on any atom is -0.497 e. The highest BCUT2D eigenvalue weighted by Crippen LogP contribution is 2.43. The molecule has 0 saturated carbocycles. The number of carbonyl (C=O) groups excluding carboxylic acids is 3. The first-order valence-corrected chi connectivity index (χ1v) is 20.6. The van der Waals surface area contributed by atoms with Gasteiger partial charge in [0.25, 0.3) is 0 Å². The van der Waals surface area contributed by atoms with Gasteiger partial charge in [-0.1, -0.05) is 60.7 Å². The minimum absolute atomic E-state index is 0.0270. The summed E-state index contributed by atoms with van der Waals surface area (Å²) in [5.74, 6) is 0.536. The molecule has 4 heterocycles.